The Bertz CT molecular complexity index is 1010. The fraction of sp³-hybridized carbons (Fsp3) is 0.423. The van der Waals surface area contributed by atoms with Gasteiger partial charge in [-0.25, -0.2) is 4.90 Å². The molecule has 7 heteroatoms. The van der Waals surface area contributed by atoms with Crippen LogP contribution in [-0.4, -0.2) is 48.9 Å². The lowest BCUT2D eigenvalue weighted by atomic mass is 10.0. The third-order valence-electron chi connectivity index (χ3n) is 6.56. The Morgan fingerprint density at radius 3 is 2.21 bits per heavy atom. The number of hydrogen-bond acceptors (Lipinski definition) is 5. The summed E-state index contributed by atoms with van der Waals surface area (Å²) in [6.45, 7) is 0. The van der Waals surface area contributed by atoms with Gasteiger partial charge in [-0.15, -0.1) is 0 Å². The number of anilines is 1. The van der Waals surface area contributed by atoms with Crippen LogP contribution >= 0.6 is 0 Å². The maximum Gasteiger partial charge on any atom is 0.257 e. The first-order valence-electron chi connectivity index (χ1n) is 11.5. The largest absolute Gasteiger partial charge is 0.493 e. The Hall–Kier alpha value is -3.35. The van der Waals surface area contributed by atoms with Gasteiger partial charge in [-0.1, -0.05) is 43.9 Å². The molecule has 0 aromatic heterocycles. The predicted octanol–water partition coefficient (Wildman–Crippen LogP) is 4.20. The van der Waals surface area contributed by atoms with Gasteiger partial charge in [0.2, 0.25) is 5.91 Å². The average Bonchev–Trinajstić information content (AvgIpc) is 3.00. The highest BCUT2D eigenvalue weighted by molar-refractivity contribution is 6.23. The number of para-hydroxylation sites is 1. The molecular formula is C26H30N2O5. The van der Waals surface area contributed by atoms with Crippen LogP contribution in [0.1, 0.15) is 55.3 Å². The minimum absolute atomic E-state index is 0.0107. The number of hydrogen-bond donors (Lipinski definition) is 0. The van der Waals surface area contributed by atoms with Gasteiger partial charge in [-0.05, 0) is 43.2 Å². The van der Waals surface area contributed by atoms with E-state index in [4.69, 9.17) is 9.47 Å². The monoisotopic (exact) mass is 450 g/mol. The molecule has 2 fully saturated rings. The lowest BCUT2D eigenvalue weighted by molar-refractivity contribution is -0.123. The van der Waals surface area contributed by atoms with Crippen LogP contribution in [0.5, 0.6) is 11.5 Å². The summed E-state index contributed by atoms with van der Waals surface area (Å²) in [7, 11) is 3.06. The molecule has 0 spiro atoms. The average molecular weight is 451 g/mol. The number of nitrogens with zero attached hydrogens (tertiary/aromatic N) is 2. The normalized spacial score (nSPS) is 19.3. The Morgan fingerprint density at radius 2 is 1.58 bits per heavy atom. The Morgan fingerprint density at radius 1 is 0.909 bits per heavy atom. The maximum atomic E-state index is 13.9. The van der Waals surface area contributed by atoms with Crippen LogP contribution in [-0.2, 0) is 9.59 Å². The van der Waals surface area contributed by atoms with Crippen molar-refractivity contribution < 1.29 is 23.9 Å². The van der Waals surface area contributed by atoms with Crippen molar-refractivity contribution >= 4 is 23.4 Å². The highest BCUT2D eigenvalue weighted by Gasteiger charge is 2.46. The summed E-state index contributed by atoms with van der Waals surface area (Å²) >= 11 is 0. The first-order valence-corrected chi connectivity index (χ1v) is 11.5. The van der Waals surface area contributed by atoms with E-state index in [1.165, 1.54) is 19.1 Å². The lowest BCUT2D eigenvalue weighted by Gasteiger charge is -2.35. The van der Waals surface area contributed by atoms with Crippen molar-refractivity contribution in [1.82, 2.24) is 4.90 Å². The van der Waals surface area contributed by atoms with E-state index in [0.717, 1.165) is 38.5 Å². The highest BCUT2D eigenvalue weighted by atomic mass is 16.5. The zero-order valence-corrected chi connectivity index (χ0v) is 19.2. The van der Waals surface area contributed by atoms with Crippen LogP contribution in [0, 0.1) is 0 Å². The molecule has 2 aliphatic rings. The topological polar surface area (TPSA) is 76.2 Å². The van der Waals surface area contributed by atoms with E-state index >= 15 is 0 Å². The molecule has 1 aliphatic heterocycles. The molecule has 0 bridgehead atoms. The standard InChI is InChI=1S/C26H30N2O5/c1-32-22-15-14-18(16-23(22)33-2)25(30)27(19-10-6-3-4-7-11-19)21-17-24(29)28(26(21)31)20-12-8-5-9-13-20/h5,8-9,12-16,19,21H,3-4,6-7,10-11,17H2,1-2H3. The molecule has 1 atom stereocenters. The molecule has 1 aliphatic carbocycles. The van der Waals surface area contributed by atoms with E-state index in [0.29, 0.717) is 22.7 Å². The van der Waals surface area contributed by atoms with Crippen LogP contribution in [0.15, 0.2) is 48.5 Å². The summed E-state index contributed by atoms with van der Waals surface area (Å²) in [4.78, 5) is 43.2. The fourth-order valence-electron chi connectivity index (χ4n) is 4.90. The zero-order chi connectivity index (χ0) is 23.4. The summed E-state index contributed by atoms with van der Waals surface area (Å²) < 4.78 is 10.7. The minimum Gasteiger partial charge on any atom is -0.493 e. The summed E-state index contributed by atoms with van der Waals surface area (Å²) in [6.07, 6.45) is 5.86. The van der Waals surface area contributed by atoms with E-state index in [1.54, 1.807) is 47.4 Å². The fourth-order valence-corrected chi connectivity index (χ4v) is 4.90. The molecule has 4 rings (SSSR count). The molecule has 1 saturated heterocycles. The lowest BCUT2D eigenvalue weighted by Crippen LogP contribution is -2.50. The van der Waals surface area contributed by atoms with Gasteiger partial charge in [0.05, 0.1) is 26.3 Å². The quantitative estimate of drug-likeness (QED) is 0.487. The number of amides is 3. The molecule has 2 aromatic carbocycles. The van der Waals surface area contributed by atoms with Crippen LogP contribution in [0.2, 0.25) is 0 Å². The Balaban J connectivity index is 1.70. The van der Waals surface area contributed by atoms with Crippen LogP contribution < -0.4 is 14.4 Å². The molecular weight excluding hydrogens is 420 g/mol. The van der Waals surface area contributed by atoms with Crippen LogP contribution in [0.25, 0.3) is 0 Å². The molecule has 3 amide bonds. The second-order valence-electron chi connectivity index (χ2n) is 8.55. The molecule has 2 aromatic rings. The van der Waals surface area contributed by atoms with E-state index < -0.39 is 6.04 Å². The van der Waals surface area contributed by atoms with Crippen LogP contribution in [0.4, 0.5) is 5.69 Å². The summed E-state index contributed by atoms with van der Waals surface area (Å²) in [5.41, 5.74) is 0.949. The van der Waals surface area contributed by atoms with Gasteiger partial charge in [0.25, 0.3) is 11.8 Å². The highest BCUT2D eigenvalue weighted by Crippen LogP contribution is 2.33. The number of benzene rings is 2. The number of methoxy groups -OCH3 is 2. The molecule has 1 saturated carbocycles. The van der Waals surface area contributed by atoms with Gasteiger partial charge < -0.3 is 14.4 Å². The van der Waals surface area contributed by atoms with Gasteiger partial charge in [0.1, 0.15) is 6.04 Å². The second kappa shape index (κ2) is 10.1. The van der Waals surface area contributed by atoms with E-state index in [1.807, 2.05) is 6.07 Å². The van der Waals surface area contributed by atoms with Gasteiger partial charge >= 0.3 is 0 Å². The summed E-state index contributed by atoms with van der Waals surface area (Å²) in [6, 6.07) is 13.0. The van der Waals surface area contributed by atoms with Crippen molar-refractivity contribution in [2.75, 3.05) is 19.1 Å². The molecule has 33 heavy (non-hydrogen) atoms. The van der Waals surface area contributed by atoms with Crippen molar-refractivity contribution in [3.63, 3.8) is 0 Å². The molecule has 0 N–H and O–H groups in total. The van der Waals surface area contributed by atoms with Gasteiger partial charge in [-0.3, -0.25) is 14.4 Å². The predicted molar refractivity (Wildman–Crippen MR) is 125 cm³/mol. The SMILES string of the molecule is COc1ccc(C(=O)N(C2CCCCCC2)C2CC(=O)N(c3ccccc3)C2=O)cc1OC. The van der Waals surface area contributed by atoms with Crippen molar-refractivity contribution in [2.45, 2.75) is 57.0 Å². The van der Waals surface area contributed by atoms with E-state index in [-0.39, 0.29) is 30.2 Å². The third-order valence-corrected chi connectivity index (χ3v) is 6.56. The second-order valence-corrected chi connectivity index (χ2v) is 8.55. The van der Waals surface area contributed by atoms with Gasteiger partial charge in [0, 0.05) is 11.6 Å². The number of carbonyl (C=O) groups excluding carboxylic acids is 3. The first-order chi connectivity index (χ1) is 16.0. The van der Waals surface area contributed by atoms with Crippen molar-refractivity contribution in [2.24, 2.45) is 0 Å². The van der Waals surface area contributed by atoms with Gasteiger partial charge in [0.15, 0.2) is 11.5 Å². The van der Waals surface area contributed by atoms with Crippen LogP contribution in [0.3, 0.4) is 0 Å². The maximum absolute atomic E-state index is 13.9. The zero-order valence-electron chi connectivity index (χ0n) is 19.2. The minimum atomic E-state index is -0.818. The van der Waals surface area contributed by atoms with Crippen molar-refractivity contribution in [3.05, 3.63) is 54.1 Å². The van der Waals surface area contributed by atoms with E-state index in [2.05, 4.69) is 0 Å². The summed E-state index contributed by atoms with van der Waals surface area (Å²) in [5, 5.41) is 0. The van der Waals surface area contributed by atoms with Crippen molar-refractivity contribution in [1.29, 1.82) is 0 Å². The molecule has 7 nitrogen and oxygen atoms in total. The third kappa shape index (κ3) is 4.58. The number of carbonyl (C=O) groups is 3. The Kier molecular flexibility index (Phi) is 6.96. The van der Waals surface area contributed by atoms with Gasteiger partial charge in [-0.2, -0.15) is 0 Å². The molecule has 1 heterocycles. The molecule has 174 valence electrons. The summed E-state index contributed by atoms with van der Waals surface area (Å²) in [5.74, 6) is 0.0875. The number of rotatable bonds is 6. The van der Waals surface area contributed by atoms with Crippen molar-refractivity contribution in [3.8, 4) is 11.5 Å². The number of ether oxygens (including phenoxy) is 2. The first kappa shape index (κ1) is 22.8. The Labute approximate surface area is 194 Å². The molecule has 0 radical (unpaired) electrons. The number of imide groups is 1. The van der Waals surface area contributed by atoms with E-state index in [9.17, 15) is 14.4 Å². The smallest absolute Gasteiger partial charge is 0.257 e. The molecule has 1 unspecified atom stereocenters.